The van der Waals surface area contributed by atoms with Crippen LogP contribution in [0.15, 0.2) is 30.9 Å². The van der Waals surface area contributed by atoms with Crippen LogP contribution in [0.3, 0.4) is 0 Å². The second-order valence-corrected chi connectivity index (χ2v) is 4.08. The first-order chi connectivity index (χ1) is 7.63. The van der Waals surface area contributed by atoms with Gasteiger partial charge < -0.3 is 5.32 Å². The van der Waals surface area contributed by atoms with Gasteiger partial charge in [-0.3, -0.25) is 4.79 Å². The Labute approximate surface area is 101 Å². The van der Waals surface area contributed by atoms with Crippen LogP contribution in [0.5, 0.6) is 0 Å². The van der Waals surface area contributed by atoms with Gasteiger partial charge in [0.15, 0.2) is 0 Å². The fourth-order valence-electron chi connectivity index (χ4n) is 1.32. The summed E-state index contributed by atoms with van der Waals surface area (Å²) in [4.78, 5) is 11.3. The van der Waals surface area contributed by atoms with Crippen molar-refractivity contribution >= 4 is 17.5 Å². The number of halogens is 1. The fourth-order valence-corrected chi connectivity index (χ4v) is 1.53. The van der Waals surface area contributed by atoms with E-state index in [9.17, 15) is 4.79 Å². The molecule has 0 spiro atoms. The van der Waals surface area contributed by atoms with Crippen LogP contribution in [0, 0.1) is 6.92 Å². The molecule has 86 valence electrons. The lowest BCUT2D eigenvalue weighted by molar-refractivity contribution is -0.120. The molecule has 16 heavy (non-hydrogen) atoms. The number of hydrogen-bond donors (Lipinski definition) is 1. The van der Waals surface area contributed by atoms with E-state index in [1.165, 1.54) is 0 Å². The molecule has 0 bridgehead atoms. The maximum Gasteiger partial charge on any atom is 0.220 e. The molecule has 0 saturated heterocycles. The van der Waals surface area contributed by atoms with Gasteiger partial charge >= 0.3 is 0 Å². The molecular formula is C13H16ClNO. The Morgan fingerprint density at radius 2 is 2.31 bits per heavy atom. The molecule has 0 aliphatic heterocycles. The Bertz CT molecular complexity index is 388. The summed E-state index contributed by atoms with van der Waals surface area (Å²) in [5, 5.41) is 3.49. The summed E-state index contributed by atoms with van der Waals surface area (Å²) in [6, 6.07) is 5.89. The van der Waals surface area contributed by atoms with E-state index < -0.39 is 0 Å². The maximum absolute atomic E-state index is 11.3. The van der Waals surface area contributed by atoms with Gasteiger partial charge in [0.05, 0.1) is 0 Å². The molecule has 1 rings (SSSR count). The van der Waals surface area contributed by atoms with Crippen LogP contribution in [0.2, 0.25) is 5.02 Å². The average Bonchev–Trinajstić information content (AvgIpc) is 2.28. The van der Waals surface area contributed by atoms with Crippen molar-refractivity contribution < 1.29 is 4.79 Å². The van der Waals surface area contributed by atoms with Crippen LogP contribution in [-0.4, -0.2) is 12.5 Å². The predicted octanol–water partition coefficient (Wildman–Crippen LogP) is 2.88. The minimum Gasteiger partial charge on any atom is -0.353 e. The first-order valence-electron chi connectivity index (χ1n) is 5.26. The zero-order valence-corrected chi connectivity index (χ0v) is 10.2. The SMILES string of the molecule is C=CCNC(=O)CCc1ccc(C)c(Cl)c1. The van der Waals surface area contributed by atoms with Crippen LogP contribution in [0.25, 0.3) is 0 Å². The highest BCUT2D eigenvalue weighted by Crippen LogP contribution is 2.17. The fraction of sp³-hybridized carbons (Fsp3) is 0.308. The predicted molar refractivity (Wildman–Crippen MR) is 67.7 cm³/mol. The molecule has 1 N–H and O–H groups in total. The van der Waals surface area contributed by atoms with Crippen molar-refractivity contribution in [2.24, 2.45) is 0 Å². The third-order valence-electron chi connectivity index (χ3n) is 2.32. The first kappa shape index (κ1) is 12.8. The van der Waals surface area contributed by atoms with Gasteiger partial charge in [0.25, 0.3) is 0 Å². The maximum atomic E-state index is 11.3. The first-order valence-corrected chi connectivity index (χ1v) is 5.64. The lowest BCUT2D eigenvalue weighted by Crippen LogP contribution is -2.23. The molecule has 0 saturated carbocycles. The van der Waals surface area contributed by atoms with Crippen LogP contribution in [0.1, 0.15) is 17.5 Å². The van der Waals surface area contributed by atoms with Crippen LogP contribution in [0.4, 0.5) is 0 Å². The van der Waals surface area contributed by atoms with Crippen molar-refractivity contribution in [1.82, 2.24) is 5.32 Å². The molecule has 2 nitrogen and oxygen atoms in total. The summed E-state index contributed by atoms with van der Waals surface area (Å²) in [6.07, 6.45) is 2.86. The number of carbonyl (C=O) groups excluding carboxylic acids is 1. The quantitative estimate of drug-likeness (QED) is 0.784. The standard InChI is InChI=1S/C13H16ClNO/c1-3-8-15-13(16)7-6-11-5-4-10(2)12(14)9-11/h3-5,9H,1,6-8H2,2H3,(H,15,16). The van der Waals surface area contributed by atoms with E-state index in [4.69, 9.17) is 11.6 Å². The third-order valence-corrected chi connectivity index (χ3v) is 2.73. The molecule has 0 heterocycles. The Balaban J connectivity index is 2.45. The summed E-state index contributed by atoms with van der Waals surface area (Å²) in [6.45, 7) is 6.02. The number of amides is 1. The topological polar surface area (TPSA) is 29.1 Å². The van der Waals surface area contributed by atoms with E-state index >= 15 is 0 Å². The summed E-state index contributed by atoms with van der Waals surface area (Å²) in [5.74, 6) is 0.0385. The summed E-state index contributed by atoms with van der Waals surface area (Å²) < 4.78 is 0. The van der Waals surface area contributed by atoms with E-state index in [1.807, 2.05) is 25.1 Å². The average molecular weight is 238 g/mol. The molecule has 0 atom stereocenters. The highest BCUT2D eigenvalue weighted by molar-refractivity contribution is 6.31. The largest absolute Gasteiger partial charge is 0.353 e. The van der Waals surface area contributed by atoms with Crippen molar-refractivity contribution in [2.45, 2.75) is 19.8 Å². The van der Waals surface area contributed by atoms with E-state index in [1.54, 1.807) is 6.08 Å². The number of nitrogens with one attached hydrogen (secondary N) is 1. The Hall–Kier alpha value is -1.28. The highest BCUT2D eigenvalue weighted by atomic mass is 35.5. The van der Waals surface area contributed by atoms with E-state index in [2.05, 4.69) is 11.9 Å². The van der Waals surface area contributed by atoms with Crippen molar-refractivity contribution in [3.63, 3.8) is 0 Å². The molecule has 0 fully saturated rings. The van der Waals surface area contributed by atoms with Gasteiger partial charge in [-0.05, 0) is 30.5 Å². The molecule has 0 aliphatic carbocycles. The van der Waals surface area contributed by atoms with Gasteiger partial charge in [-0.15, -0.1) is 6.58 Å². The number of rotatable bonds is 5. The number of aryl methyl sites for hydroxylation is 2. The van der Waals surface area contributed by atoms with Crippen molar-refractivity contribution in [3.05, 3.63) is 47.0 Å². The van der Waals surface area contributed by atoms with Crippen LogP contribution in [-0.2, 0) is 11.2 Å². The lowest BCUT2D eigenvalue weighted by Gasteiger charge is -2.04. The minimum atomic E-state index is 0.0385. The zero-order valence-electron chi connectivity index (χ0n) is 9.42. The number of carbonyl (C=O) groups is 1. The summed E-state index contributed by atoms with van der Waals surface area (Å²) in [7, 11) is 0. The molecule has 3 heteroatoms. The molecule has 0 unspecified atom stereocenters. The smallest absolute Gasteiger partial charge is 0.220 e. The van der Waals surface area contributed by atoms with Crippen LogP contribution < -0.4 is 5.32 Å². The molecule has 0 aliphatic rings. The van der Waals surface area contributed by atoms with Gasteiger partial charge in [0.1, 0.15) is 0 Å². The lowest BCUT2D eigenvalue weighted by atomic mass is 10.1. The van der Waals surface area contributed by atoms with E-state index in [-0.39, 0.29) is 5.91 Å². The van der Waals surface area contributed by atoms with Gasteiger partial charge in [0.2, 0.25) is 5.91 Å². The zero-order chi connectivity index (χ0) is 12.0. The van der Waals surface area contributed by atoms with Crippen molar-refractivity contribution in [2.75, 3.05) is 6.54 Å². The summed E-state index contributed by atoms with van der Waals surface area (Å²) in [5.41, 5.74) is 2.14. The molecule has 1 aromatic carbocycles. The van der Waals surface area contributed by atoms with Crippen molar-refractivity contribution in [1.29, 1.82) is 0 Å². The normalized spacial score (nSPS) is 9.88. The Kier molecular flexibility index (Phi) is 5.06. The van der Waals surface area contributed by atoms with Crippen molar-refractivity contribution in [3.8, 4) is 0 Å². The monoisotopic (exact) mass is 237 g/mol. The van der Waals surface area contributed by atoms with E-state index in [0.717, 1.165) is 16.1 Å². The Morgan fingerprint density at radius 3 is 2.94 bits per heavy atom. The third kappa shape index (κ3) is 4.07. The minimum absolute atomic E-state index is 0.0385. The molecule has 1 aromatic rings. The Morgan fingerprint density at radius 1 is 1.56 bits per heavy atom. The number of hydrogen-bond acceptors (Lipinski definition) is 1. The van der Waals surface area contributed by atoms with Gasteiger partial charge in [-0.25, -0.2) is 0 Å². The summed E-state index contributed by atoms with van der Waals surface area (Å²) >= 11 is 6.00. The van der Waals surface area contributed by atoms with Gasteiger partial charge in [0, 0.05) is 18.0 Å². The molecule has 0 aromatic heterocycles. The number of benzene rings is 1. The molecular weight excluding hydrogens is 222 g/mol. The second kappa shape index (κ2) is 6.33. The van der Waals surface area contributed by atoms with E-state index in [0.29, 0.717) is 19.4 Å². The molecule has 1 amide bonds. The van der Waals surface area contributed by atoms with Gasteiger partial charge in [-0.2, -0.15) is 0 Å². The second-order valence-electron chi connectivity index (χ2n) is 3.68. The van der Waals surface area contributed by atoms with Crippen LogP contribution >= 0.6 is 11.6 Å². The molecule has 0 radical (unpaired) electrons. The van der Waals surface area contributed by atoms with Gasteiger partial charge in [-0.1, -0.05) is 29.8 Å². The highest BCUT2D eigenvalue weighted by Gasteiger charge is 2.02.